The maximum atomic E-state index is 10.7. The van der Waals surface area contributed by atoms with E-state index in [4.69, 9.17) is 10.2 Å². The van der Waals surface area contributed by atoms with Crippen molar-refractivity contribution in [2.75, 3.05) is 13.1 Å². The summed E-state index contributed by atoms with van der Waals surface area (Å²) in [7, 11) is 0. The summed E-state index contributed by atoms with van der Waals surface area (Å²) in [4.78, 5) is 16.7. The van der Waals surface area contributed by atoms with Crippen LogP contribution in [0.1, 0.15) is 19.3 Å². The van der Waals surface area contributed by atoms with Gasteiger partial charge in [-0.1, -0.05) is 6.08 Å². The van der Waals surface area contributed by atoms with Crippen LogP contribution < -0.4 is 0 Å². The van der Waals surface area contributed by atoms with Gasteiger partial charge in [0, 0.05) is 12.6 Å². The predicted octanol–water partition coefficient (Wildman–Crippen LogP) is 1.03. The van der Waals surface area contributed by atoms with Crippen molar-refractivity contribution in [3.8, 4) is 0 Å². The Hall–Kier alpha value is -1.52. The van der Waals surface area contributed by atoms with Crippen molar-refractivity contribution in [3.63, 3.8) is 0 Å². The van der Waals surface area contributed by atoms with E-state index in [1.165, 1.54) is 0 Å². The smallest absolute Gasteiger partial charge is 0.305 e. The largest absolute Gasteiger partial charge is 0.516 e. The lowest BCUT2D eigenvalue weighted by molar-refractivity contribution is -0.138. The zero-order valence-corrected chi connectivity index (χ0v) is 8.54. The molecule has 1 heterocycles. The molecule has 0 saturated carbocycles. The molecule has 0 radical (unpaired) electrons. The van der Waals surface area contributed by atoms with Gasteiger partial charge in [0.15, 0.2) is 0 Å². The quantitative estimate of drug-likeness (QED) is 0.645. The molecule has 15 heavy (non-hydrogen) atoms. The van der Waals surface area contributed by atoms with Crippen LogP contribution >= 0.6 is 0 Å². The molecular weight excluding hydrogens is 196 g/mol. The SMILES string of the molecule is O=C(O)CC(CCC=CO)N1C=NCC1. The highest BCUT2D eigenvalue weighted by Gasteiger charge is 2.20. The van der Waals surface area contributed by atoms with E-state index in [9.17, 15) is 4.79 Å². The third-order valence-corrected chi connectivity index (χ3v) is 2.37. The fraction of sp³-hybridized carbons (Fsp3) is 0.600. The normalized spacial score (nSPS) is 17.5. The van der Waals surface area contributed by atoms with Gasteiger partial charge >= 0.3 is 5.97 Å². The molecule has 0 spiro atoms. The summed E-state index contributed by atoms with van der Waals surface area (Å²) in [5, 5.41) is 17.3. The van der Waals surface area contributed by atoms with Gasteiger partial charge in [0.2, 0.25) is 0 Å². The van der Waals surface area contributed by atoms with E-state index in [2.05, 4.69) is 4.99 Å². The van der Waals surface area contributed by atoms with Crippen LogP contribution in [-0.2, 0) is 4.79 Å². The Morgan fingerprint density at radius 3 is 3.00 bits per heavy atom. The third kappa shape index (κ3) is 4.01. The molecule has 0 fully saturated rings. The Bertz CT molecular complexity index is 263. The number of aliphatic hydroxyl groups excluding tert-OH is 1. The van der Waals surface area contributed by atoms with Crippen molar-refractivity contribution in [2.45, 2.75) is 25.3 Å². The molecule has 5 nitrogen and oxygen atoms in total. The summed E-state index contributed by atoms with van der Waals surface area (Å²) in [6, 6.07) is -0.0232. The van der Waals surface area contributed by atoms with Crippen molar-refractivity contribution >= 4 is 12.3 Å². The van der Waals surface area contributed by atoms with Crippen LogP contribution in [0.25, 0.3) is 0 Å². The lowest BCUT2D eigenvalue weighted by Crippen LogP contribution is -2.34. The fourth-order valence-electron chi connectivity index (χ4n) is 1.62. The molecule has 1 aliphatic heterocycles. The van der Waals surface area contributed by atoms with Gasteiger partial charge in [0.05, 0.1) is 25.6 Å². The molecule has 0 saturated heterocycles. The minimum Gasteiger partial charge on any atom is -0.516 e. The second-order valence-electron chi connectivity index (χ2n) is 3.47. The number of aliphatic hydroxyl groups is 1. The number of carboxylic acid groups (broad SMARTS) is 1. The Kier molecular flexibility index (Phi) is 4.66. The van der Waals surface area contributed by atoms with Crippen LogP contribution in [0.3, 0.4) is 0 Å². The Balaban J connectivity index is 2.44. The first-order chi connectivity index (χ1) is 7.24. The molecule has 5 heteroatoms. The number of rotatable bonds is 6. The van der Waals surface area contributed by atoms with Crippen LogP contribution in [0.2, 0.25) is 0 Å². The predicted molar refractivity (Wildman–Crippen MR) is 57.1 cm³/mol. The monoisotopic (exact) mass is 212 g/mol. The number of aliphatic imine (C=N–C) groups is 1. The summed E-state index contributed by atoms with van der Waals surface area (Å²) < 4.78 is 0. The number of nitrogens with zero attached hydrogens (tertiary/aromatic N) is 2. The van der Waals surface area contributed by atoms with Crippen LogP contribution in [0.15, 0.2) is 17.3 Å². The molecule has 0 amide bonds. The van der Waals surface area contributed by atoms with Crippen LogP contribution in [0.5, 0.6) is 0 Å². The van der Waals surface area contributed by atoms with Gasteiger partial charge in [0.1, 0.15) is 0 Å². The third-order valence-electron chi connectivity index (χ3n) is 2.37. The zero-order valence-electron chi connectivity index (χ0n) is 8.54. The highest BCUT2D eigenvalue weighted by molar-refractivity contribution is 5.68. The van der Waals surface area contributed by atoms with Gasteiger partial charge in [-0.25, -0.2) is 0 Å². The molecule has 0 aliphatic carbocycles. The summed E-state index contributed by atoms with van der Waals surface area (Å²) in [6.07, 6.45) is 5.85. The van der Waals surface area contributed by atoms with Crippen LogP contribution in [0.4, 0.5) is 0 Å². The summed E-state index contributed by atoms with van der Waals surface area (Å²) in [6.45, 7) is 1.53. The summed E-state index contributed by atoms with van der Waals surface area (Å²) in [5.41, 5.74) is 0. The second kappa shape index (κ2) is 6.06. The minimum atomic E-state index is -0.798. The van der Waals surface area contributed by atoms with E-state index in [-0.39, 0.29) is 12.5 Å². The van der Waals surface area contributed by atoms with Gasteiger partial charge in [0.25, 0.3) is 0 Å². The first-order valence-corrected chi connectivity index (χ1v) is 5.00. The molecule has 0 aromatic carbocycles. The van der Waals surface area contributed by atoms with E-state index >= 15 is 0 Å². The Morgan fingerprint density at radius 2 is 2.47 bits per heavy atom. The number of carbonyl (C=O) groups is 1. The van der Waals surface area contributed by atoms with Crippen LogP contribution in [0, 0.1) is 0 Å². The maximum Gasteiger partial charge on any atom is 0.305 e. The number of hydrogen-bond donors (Lipinski definition) is 2. The van der Waals surface area contributed by atoms with E-state index in [1.54, 1.807) is 12.4 Å². The fourth-order valence-corrected chi connectivity index (χ4v) is 1.62. The minimum absolute atomic E-state index is 0.0232. The molecular formula is C10H16N2O3. The summed E-state index contributed by atoms with van der Waals surface area (Å²) in [5.74, 6) is -0.798. The van der Waals surface area contributed by atoms with Crippen molar-refractivity contribution in [3.05, 3.63) is 12.3 Å². The maximum absolute atomic E-state index is 10.7. The standard InChI is InChI=1S/C10H16N2O3/c13-6-2-1-3-9(7-10(14)15)12-5-4-11-8-12/h2,6,8-9,13H,1,3-5,7H2,(H,14,15). The van der Waals surface area contributed by atoms with Gasteiger partial charge in [-0.3, -0.25) is 9.79 Å². The molecule has 0 bridgehead atoms. The van der Waals surface area contributed by atoms with E-state index in [1.807, 2.05) is 4.90 Å². The molecule has 2 N–H and O–H groups in total. The number of allylic oxidation sites excluding steroid dienone is 1. The first kappa shape index (κ1) is 11.6. The van der Waals surface area contributed by atoms with Gasteiger partial charge in [-0.05, 0) is 12.8 Å². The molecule has 84 valence electrons. The molecule has 1 rings (SSSR count). The highest BCUT2D eigenvalue weighted by atomic mass is 16.4. The Labute approximate surface area is 88.7 Å². The summed E-state index contributed by atoms with van der Waals surface area (Å²) >= 11 is 0. The van der Waals surface area contributed by atoms with Crippen molar-refractivity contribution in [1.82, 2.24) is 4.90 Å². The van der Waals surface area contributed by atoms with Gasteiger partial charge < -0.3 is 15.1 Å². The lowest BCUT2D eigenvalue weighted by atomic mass is 10.1. The van der Waals surface area contributed by atoms with E-state index < -0.39 is 5.97 Å². The molecule has 0 aromatic rings. The molecule has 1 aliphatic rings. The molecule has 0 aromatic heterocycles. The molecule has 1 atom stereocenters. The number of carboxylic acids is 1. The van der Waals surface area contributed by atoms with Crippen LogP contribution in [-0.4, -0.2) is 46.6 Å². The van der Waals surface area contributed by atoms with E-state index in [0.29, 0.717) is 6.42 Å². The van der Waals surface area contributed by atoms with Gasteiger partial charge in [-0.15, -0.1) is 0 Å². The lowest BCUT2D eigenvalue weighted by Gasteiger charge is -2.24. The highest BCUT2D eigenvalue weighted by Crippen LogP contribution is 2.12. The number of aliphatic carboxylic acids is 1. The average molecular weight is 212 g/mol. The van der Waals surface area contributed by atoms with Crippen molar-refractivity contribution < 1.29 is 15.0 Å². The molecule has 1 unspecified atom stereocenters. The van der Waals surface area contributed by atoms with E-state index in [0.717, 1.165) is 25.8 Å². The number of hydrogen-bond acceptors (Lipinski definition) is 4. The van der Waals surface area contributed by atoms with Crippen molar-refractivity contribution in [2.24, 2.45) is 4.99 Å². The average Bonchev–Trinajstić information content (AvgIpc) is 2.68. The Morgan fingerprint density at radius 1 is 1.67 bits per heavy atom. The van der Waals surface area contributed by atoms with Crippen molar-refractivity contribution in [1.29, 1.82) is 0 Å². The second-order valence-corrected chi connectivity index (χ2v) is 3.47. The van der Waals surface area contributed by atoms with Gasteiger partial charge in [-0.2, -0.15) is 0 Å². The topological polar surface area (TPSA) is 73.1 Å². The zero-order chi connectivity index (χ0) is 11.1. The first-order valence-electron chi connectivity index (χ1n) is 5.00.